The van der Waals surface area contributed by atoms with E-state index in [9.17, 15) is 9.59 Å². The highest BCUT2D eigenvalue weighted by atomic mass is 35.6. The fourth-order valence-electron chi connectivity index (χ4n) is 1.62. The van der Waals surface area contributed by atoms with E-state index in [-0.39, 0.29) is 17.2 Å². The van der Waals surface area contributed by atoms with Crippen LogP contribution in [0, 0.1) is 5.92 Å². The van der Waals surface area contributed by atoms with Crippen LogP contribution >= 0.6 is 34.8 Å². The molecular weight excluding hydrogens is 312 g/mol. The van der Waals surface area contributed by atoms with Crippen LogP contribution in [0.25, 0.3) is 0 Å². The van der Waals surface area contributed by atoms with Crippen molar-refractivity contribution in [3.8, 4) is 0 Å². The molecule has 19 heavy (non-hydrogen) atoms. The molecule has 0 fully saturated rings. The van der Waals surface area contributed by atoms with Crippen LogP contribution in [0.3, 0.4) is 0 Å². The Hall–Kier alpha value is -0.710. The molecule has 0 atom stereocenters. The Labute approximate surface area is 126 Å². The second-order valence-electron chi connectivity index (χ2n) is 4.48. The van der Waals surface area contributed by atoms with E-state index in [0.29, 0.717) is 6.54 Å². The van der Waals surface area contributed by atoms with E-state index < -0.39 is 15.5 Å². The third-order valence-electron chi connectivity index (χ3n) is 2.37. The summed E-state index contributed by atoms with van der Waals surface area (Å²) >= 11 is 16.7. The van der Waals surface area contributed by atoms with E-state index in [1.54, 1.807) is 4.57 Å². The summed E-state index contributed by atoms with van der Waals surface area (Å²) in [4.78, 5) is 23.5. The van der Waals surface area contributed by atoms with Crippen LogP contribution in [0.2, 0.25) is 0 Å². The first-order valence-electron chi connectivity index (χ1n) is 5.56. The van der Waals surface area contributed by atoms with Crippen LogP contribution in [-0.2, 0) is 11.3 Å². The van der Waals surface area contributed by atoms with Gasteiger partial charge in [0.1, 0.15) is 5.69 Å². The Bertz CT molecular complexity index is 489. The first-order valence-corrected chi connectivity index (χ1v) is 6.70. The van der Waals surface area contributed by atoms with Crippen LogP contribution in [0.1, 0.15) is 34.7 Å². The maximum absolute atomic E-state index is 11.9. The zero-order valence-corrected chi connectivity index (χ0v) is 13.0. The summed E-state index contributed by atoms with van der Waals surface area (Å²) in [7, 11) is 1.27. The minimum Gasteiger partial charge on any atom is -0.464 e. The number of methoxy groups -OCH3 is 1. The number of halogens is 3. The number of Topliss-reactive ketones (excluding diaryl/α,β-unsaturated/α-hetero) is 1. The molecule has 0 radical (unpaired) electrons. The zero-order chi connectivity index (χ0) is 14.8. The number of carbonyl (C=O) groups is 2. The molecule has 0 aliphatic heterocycles. The fraction of sp³-hybridized carbons (Fsp3) is 0.500. The van der Waals surface area contributed by atoms with Crippen molar-refractivity contribution in [2.24, 2.45) is 5.92 Å². The van der Waals surface area contributed by atoms with Gasteiger partial charge in [-0.1, -0.05) is 48.7 Å². The molecule has 1 rings (SSSR count). The summed E-state index contributed by atoms with van der Waals surface area (Å²) in [6.45, 7) is 4.52. The standard InChI is InChI=1S/C12H14Cl3NO3/c1-7(2)5-16-6-8(10(17)12(13,14)15)4-9(16)11(18)19-3/h4,6-7H,5H2,1-3H3. The Morgan fingerprint density at radius 3 is 2.37 bits per heavy atom. The normalized spacial score (nSPS) is 11.7. The maximum Gasteiger partial charge on any atom is 0.354 e. The average molecular weight is 327 g/mol. The molecule has 1 aromatic rings. The predicted molar refractivity (Wildman–Crippen MR) is 75.2 cm³/mol. The minimum atomic E-state index is -2.04. The van der Waals surface area contributed by atoms with Crippen molar-refractivity contribution in [2.45, 2.75) is 24.2 Å². The van der Waals surface area contributed by atoms with Gasteiger partial charge in [0.2, 0.25) is 5.78 Å². The first kappa shape index (κ1) is 16.3. The average Bonchev–Trinajstić information content (AvgIpc) is 2.68. The van der Waals surface area contributed by atoms with Crippen LogP contribution in [0.15, 0.2) is 12.3 Å². The monoisotopic (exact) mass is 325 g/mol. The van der Waals surface area contributed by atoms with Crippen LogP contribution < -0.4 is 0 Å². The molecule has 0 unspecified atom stereocenters. The molecule has 7 heteroatoms. The molecule has 0 saturated carbocycles. The summed E-state index contributed by atoms with van der Waals surface area (Å²) in [6, 6.07) is 1.37. The summed E-state index contributed by atoms with van der Waals surface area (Å²) in [5, 5.41) is 0. The first-order chi connectivity index (χ1) is 8.66. The topological polar surface area (TPSA) is 48.3 Å². The predicted octanol–water partition coefficient (Wildman–Crippen LogP) is 3.48. The highest BCUT2D eigenvalue weighted by Gasteiger charge is 2.33. The molecule has 4 nitrogen and oxygen atoms in total. The zero-order valence-electron chi connectivity index (χ0n) is 10.7. The third-order valence-corrected chi connectivity index (χ3v) is 2.89. The number of ether oxygens (including phenoxy) is 1. The largest absolute Gasteiger partial charge is 0.464 e. The third kappa shape index (κ3) is 4.13. The fourth-order valence-corrected chi connectivity index (χ4v) is 1.95. The number of aromatic nitrogens is 1. The Morgan fingerprint density at radius 2 is 1.95 bits per heavy atom. The van der Waals surface area contributed by atoms with Gasteiger partial charge in [0, 0.05) is 18.3 Å². The van der Waals surface area contributed by atoms with Crippen molar-refractivity contribution in [3.05, 3.63) is 23.5 Å². The lowest BCUT2D eigenvalue weighted by Gasteiger charge is -2.10. The molecule has 0 aliphatic rings. The van der Waals surface area contributed by atoms with Gasteiger partial charge < -0.3 is 9.30 Å². The number of ketones is 1. The number of esters is 1. The van der Waals surface area contributed by atoms with E-state index in [2.05, 4.69) is 4.74 Å². The van der Waals surface area contributed by atoms with Gasteiger partial charge in [0.25, 0.3) is 3.79 Å². The molecular formula is C12H14Cl3NO3. The van der Waals surface area contributed by atoms with Gasteiger partial charge in [0.05, 0.1) is 7.11 Å². The quantitative estimate of drug-likeness (QED) is 0.483. The summed E-state index contributed by atoms with van der Waals surface area (Å²) < 4.78 is 4.25. The molecule has 0 amide bonds. The number of rotatable bonds is 4. The molecule has 0 saturated heterocycles. The van der Waals surface area contributed by atoms with Crippen LogP contribution in [0.5, 0.6) is 0 Å². The van der Waals surface area contributed by atoms with Gasteiger partial charge in [0.15, 0.2) is 0 Å². The number of alkyl halides is 3. The maximum atomic E-state index is 11.9. The van der Waals surface area contributed by atoms with Gasteiger partial charge in [-0.15, -0.1) is 0 Å². The molecule has 106 valence electrons. The lowest BCUT2D eigenvalue weighted by Crippen LogP contribution is -2.18. The lowest BCUT2D eigenvalue weighted by molar-refractivity contribution is 0.0587. The molecule has 1 heterocycles. The van der Waals surface area contributed by atoms with E-state index in [1.807, 2.05) is 13.8 Å². The second kappa shape index (κ2) is 6.16. The Balaban J connectivity index is 3.20. The van der Waals surface area contributed by atoms with Crippen molar-refractivity contribution in [1.29, 1.82) is 0 Å². The summed E-state index contributed by atoms with van der Waals surface area (Å²) in [5.74, 6) is -0.930. The molecule has 0 N–H and O–H groups in total. The second-order valence-corrected chi connectivity index (χ2v) is 6.76. The Morgan fingerprint density at radius 1 is 1.37 bits per heavy atom. The molecule has 1 aromatic heterocycles. The van der Waals surface area contributed by atoms with Gasteiger partial charge in [-0.25, -0.2) is 4.79 Å². The van der Waals surface area contributed by atoms with Gasteiger partial charge >= 0.3 is 5.97 Å². The summed E-state index contributed by atoms with van der Waals surface area (Å²) in [5.41, 5.74) is 0.426. The van der Waals surface area contributed by atoms with E-state index in [0.717, 1.165) is 0 Å². The summed E-state index contributed by atoms with van der Waals surface area (Å²) in [6.07, 6.45) is 1.50. The van der Waals surface area contributed by atoms with Crippen molar-refractivity contribution < 1.29 is 14.3 Å². The number of carbonyl (C=O) groups excluding carboxylic acids is 2. The highest BCUT2D eigenvalue weighted by molar-refractivity contribution is 6.77. The van der Waals surface area contributed by atoms with Gasteiger partial charge in [-0.2, -0.15) is 0 Å². The van der Waals surface area contributed by atoms with Crippen LogP contribution in [-0.4, -0.2) is 27.2 Å². The lowest BCUT2D eigenvalue weighted by atomic mass is 10.2. The van der Waals surface area contributed by atoms with Crippen LogP contribution in [0.4, 0.5) is 0 Å². The van der Waals surface area contributed by atoms with E-state index in [4.69, 9.17) is 34.8 Å². The van der Waals surface area contributed by atoms with E-state index >= 15 is 0 Å². The molecule has 0 bridgehead atoms. The molecule has 0 aromatic carbocycles. The van der Waals surface area contributed by atoms with Crippen molar-refractivity contribution in [3.63, 3.8) is 0 Å². The molecule has 0 aliphatic carbocycles. The number of hydrogen-bond acceptors (Lipinski definition) is 3. The van der Waals surface area contributed by atoms with E-state index in [1.165, 1.54) is 19.4 Å². The molecule has 0 spiro atoms. The van der Waals surface area contributed by atoms with Gasteiger partial charge in [-0.05, 0) is 12.0 Å². The smallest absolute Gasteiger partial charge is 0.354 e. The number of nitrogens with zero attached hydrogens (tertiary/aromatic N) is 1. The minimum absolute atomic E-state index is 0.168. The number of hydrogen-bond donors (Lipinski definition) is 0. The highest BCUT2D eigenvalue weighted by Crippen LogP contribution is 2.31. The van der Waals surface area contributed by atoms with Crippen molar-refractivity contribution in [1.82, 2.24) is 4.57 Å². The Kier molecular flexibility index (Phi) is 5.30. The van der Waals surface area contributed by atoms with Crippen molar-refractivity contribution >= 4 is 46.6 Å². The SMILES string of the molecule is COC(=O)c1cc(C(=O)C(Cl)(Cl)Cl)cn1CC(C)C. The van der Waals surface area contributed by atoms with Crippen molar-refractivity contribution in [2.75, 3.05) is 7.11 Å². The van der Waals surface area contributed by atoms with Gasteiger partial charge in [-0.3, -0.25) is 4.79 Å².